The molecule has 2 aromatic rings. The lowest BCUT2D eigenvalue weighted by Crippen LogP contribution is -2.35. The molecule has 3 rings (SSSR count). The maximum absolute atomic E-state index is 12.6. The van der Waals surface area contributed by atoms with Crippen LogP contribution in [0.25, 0.3) is 10.9 Å². The van der Waals surface area contributed by atoms with Gasteiger partial charge in [0.15, 0.2) is 5.78 Å². The average Bonchev–Trinajstić information content (AvgIpc) is 3.00. The molecule has 1 saturated heterocycles. The summed E-state index contributed by atoms with van der Waals surface area (Å²) in [6.07, 6.45) is 7.38. The highest BCUT2D eigenvalue weighted by Crippen LogP contribution is 2.18. The molecule has 1 unspecified atom stereocenters. The van der Waals surface area contributed by atoms with Crippen LogP contribution in [0.5, 0.6) is 0 Å². The summed E-state index contributed by atoms with van der Waals surface area (Å²) < 4.78 is 1.48. The number of aryl methyl sites for hydroxylation is 1. The van der Waals surface area contributed by atoms with Gasteiger partial charge in [0.05, 0.1) is 0 Å². The van der Waals surface area contributed by atoms with Crippen molar-refractivity contribution in [3.63, 3.8) is 0 Å². The Hall–Kier alpha value is -1.88. The lowest BCUT2D eigenvalue weighted by Gasteiger charge is -2.30. The molecule has 5 nitrogen and oxygen atoms in total. The van der Waals surface area contributed by atoms with Gasteiger partial charge in [-0.05, 0) is 44.3 Å². The number of aromatic amines is 1. The van der Waals surface area contributed by atoms with Gasteiger partial charge in [0.2, 0.25) is 0 Å². The topological polar surface area (TPSA) is 58.1 Å². The second-order valence-electron chi connectivity index (χ2n) is 6.80. The van der Waals surface area contributed by atoms with E-state index < -0.39 is 0 Å². The van der Waals surface area contributed by atoms with Crippen molar-refractivity contribution < 1.29 is 4.79 Å². The summed E-state index contributed by atoms with van der Waals surface area (Å²) >= 11 is 0. The molecule has 5 heteroatoms. The number of carbonyl (C=O) groups is 1. The number of nitrogens with one attached hydrogen (secondary N) is 1. The van der Waals surface area contributed by atoms with E-state index in [0.29, 0.717) is 17.5 Å². The molecule has 0 bridgehead atoms. The van der Waals surface area contributed by atoms with Crippen LogP contribution < -0.4 is 5.56 Å². The Kier molecular flexibility index (Phi) is 4.66. The summed E-state index contributed by atoms with van der Waals surface area (Å²) in [5.41, 5.74) is 1.07. The first-order valence-corrected chi connectivity index (χ1v) is 8.48. The van der Waals surface area contributed by atoms with E-state index in [2.05, 4.69) is 16.8 Å². The first-order chi connectivity index (χ1) is 11.1. The number of H-pyrrole nitrogens is 1. The lowest BCUT2D eigenvalue weighted by molar-refractivity contribution is 0.0971. The van der Waals surface area contributed by atoms with Crippen molar-refractivity contribution in [3.8, 4) is 0 Å². The molecular formula is C18H25N3O2. The van der Waals surface area contributed by atoms with E-state index in [0.717, 1.165) is 37.4 Å². The fraction of sp³-hybridized carbons (Fsp3) is 0.556. The van der Waals surface area contributed by atoms with Crippen LogP contribution in [-0.4, -0.2) is 39.9 Å². The number of aromatic nitrogens is 2. The third-order valence-electron chi connectivity index (χ3n) is 4.81. The molecule has 1 N–H and O–H groups in total. The Morgan fingerprint density at radius 3 is 3.04 bits per heavy atom. The van der Waals surface area contributed by atoms with Crippen molar-refractivity contribution in [1.82, 2.24) is 14.5 Å². The van der Waals surface area contributed by atoms with E-state index in [-0.39, 0.29) is 11.3 Å². The minimum absolute atomic E-state index is 0.0937. The Balaban J connectivity index is 1.66. The summed E-state index contributed by atoms with van der Waals surface area (Å²) in [6, 6.07) is 1.82. The molecule has 3 heterocycles. The number of pyridine rings is 1. The van der Waals surface area contributed by atoms with Crippen molar-refractivity contribution >= 4 is 16.7 Å². The maximum Gasteiger partial charge on any atom is 0.274 e. The number of hydrogen-bond donors (Lipinski definition) is 1. The molecule has 0 saturated carbocycles. The Morgan fingerprint density at radius 1 is 1.43 bits per heavy atom. The third-order valence-corrected chi connectivity index (χ3v) is 4.81. The van der Waals surface area contributed by atoms with Crippen LogP contribution >= 0.6 is 0 Å². The van der Waals surface area contributed by atoms with Gasteiger partial charge in [-0.15, -0.1) is 0 Å². The lowest BCUT2D eigenvalue weighted by atomic mass is 9.99. The van der Waals surface area contributed by atoms with Crippen LogP contribution in [-0.2, 0) is 7.05 Å². The van der Waals surface area contributed by atoms with Crippen LogP contribution in [0.15, 0.2) is 23.3 Å². The maximum atomic E-state index is 12.6. The minimum Gasteiger partial charge on any atom is -0.357 e. The zero-order valence-corrected chi connectivity index (χ0v) is 14.0. The second-order valence-corrected chi connectivity index (χ2v) is 6.80. The Morgan fingerprint density at radius 2 is 2.26 bits per heavy atom. The third kappa shape index (κ3) is 3.39. The van der Waals surface area contributed by atoms with Gasteiger partial charge in [0, 0.05) is 43.4 Å². The van der Waals surface area contributed by atoms with Gasteiger partial charge in [-0.3, -0.25) is 9.59 Å². The monoisotopic (exact) mass is 315 g/mol. The number of Topliss-reactive ketones (excluding diaryl/α,β-unsaturated/α-hetero) is 1. The molecule has 0 spiro atoms. The van der Waals surface area contributed by atoms with Crippen molar-refractivity contribution in [1.29, 1.82) is 0 Å². The molecule has 0 aromatic carbocycles. The number of hydrogen-bond acceptors (Lipinski definition) is 3. The van der Waals surface area contributed by atoms with Crippen LogP contribution in [0, 0.1) is 5.92 Å². The summed E-state index contributed by atoms with van der Waals surface area (Å²) in [5, 5.41) is 0.740. The summed E-state index contributed by atoms with van der Waals surface area (Å²) in [6.45, 7) is 5.58. The molecule has 0 radical (unpaired) electrons. The van der Waals surface area contributed by atoms with E-state index in [1.165, 1.54) is 17.4 Å². The van der Waals surface area contributed by atoms with E-state index in [4.69, 9.17) is 0 Å². The number of piperidine rings is 1. The quantitative estimate of drug-likeness (QED) is 0.863. The normalized spacial score (nSPS) is 19.3. The molecule has 1 fully saturated rings. The highest BCUT2D eigenvalue weighted by molar-refractivity contribution is 6.07. The van der Waals surface area contributed by atoms with Gasteiger partial charge >= 0.3 is 0 Å². The SMILES string of the molecule is CC1CCCN(CCCC(=O)c2cn(C)c(=O)c3[nH]ccc23)C1. The average molecular weight is 315 g/mol. The van der Waals surface area contributed by atoms with E-state index >= 15 is 0 Å². The highest BCUT2D eigenvalue weighted by Gasteiger charge is 2.17. The van der Waals surface area contributed by atoms with Gasteiger partial charge in [-0.2, -0.15) is 0 Å². The van der Waals surface area contributed by atoms with Gasteiger partial charge in [-0.1, -0.05) is 6.92 Å². The Bertz CT molecular complexity index is 759. The summed E-state index contributed by atoms with van der Waals surface area (Å²) in [4.78, 5) is 30.0. The number of likely N-dealkylation sites (tertiary alicyclic amines) is 1. The van der Waals surface area contributed by atoms with Crippen LogP contribution in [0.4, 0.5) is 0 Å². The summed E-state index contributed by atoms with van der Waals surface area (Å²) in [5.74, 6) is 0.887. The standard InChI is InChI=1S/C18H25N3O2/c1-13-5-3-9-21(11-13)10-4-6-16(22)15-12-20(2)18(23)17-14(15)7-8-19-17/h7-8,12-13,19H,3-6,9-11H2,1-2H3. The van der Waals surface area contributed by atoms with Crippen molar-refractivity contribution in [2.75, 3.05) is 19.6 Å². The van der Waals surface area contributed by atoms with E-state index in [9.17, 15) is 9.59 Å². The summed E-state index contributed by atoms with van der Waals surface area (Å²) in [7, 11) is 1.69. The predicted octanol–water partition coefficient (Wildman–Crippen LogP) is 2.56. The van der Waals surface area contributed by atoms with Crippen molar-refractivity contribution in [3.05, 3.63) is 34.4 Å². The molecule has 1 aliphatic heterocycles. The smallest absolute Gasteiger partial charge is 0.274 e. The molecule has 0 amide bonds. The number of ketones is 1. The van der Waals surface area contributed by atoms with Crippen molar-refractivity contribution in [2.45, 2.75) is 32.6 Å². The first-order valence-electron chi connectivity index (χ1n) is 8.48. The zero-order valence-electron chi connectivity index (χ0n) is 14.0. The highest BCUT2D eigenvalue weighted by atomic mass is 16.1. The zero-order chi connectivity index (χ0) is 16.4. The molecule has 124 valence electrons. The fourth-order valence-electron chi connectivity index (χ4n) is 3.58. The first kappa shape index (κ1) is 16.0. The number of nitrogens with zero attached hydrogens (tertiary/aromatic N) is 2. The van der Waals surface area contributed by atoms with Gasteiger partial charge in [0.1, 0.15) is 5.52 Å². The molecule has 1 atom stereocenters. The van der Waals surface area contributed by atoms with Gasteiger partial charge < -0.3 is 14.5 Å². The van der Waals surface area contributed by atoms with Crippen LogP contribution in [0.2, 0.25) is 0 Å². The number of fused-ring (bicyclic) bond motifs is 1. The molecule has 1 aliphatic rings. The van der Waals surface area contributed by atoms with Gasteiger partial charge in [0.25, 0.3) is 5.56 Å². The fourth-order valence-corrected chi connectivity index (χ4v) is 3.58. The molecule has 23 heavy (non-hydrogen) atoms. The molecule has 2 aromatic heterocycles. The minimum atomic E-state index is -0.0937. The molecular weight excluding hydrogens is 290 g/mol. The van der Waals surface area contributed by atoms with Gasteiger partial charge in [-0.25, -0.2) is 0 Å². The second kappa shape index (κ2) is 6.71. The number of rotatable bonds is 5. The largest absolute Gasteiger partial charge is 0.357 e. The van der Waals surface area contributed by atoms with Crippen LogP contribution in [0.3, 0.4) is 0 Å². The van der Waals surface area contributed by atoms with E-state index in [1.807, 2.05) is 6.07 Å². The number of carbonyl (C=O) groups excluding carboxylic acids is 1. The predicted molar refractivity (Wildman–Crippen MR) is 91.9 cm³/mol. The van der Waals surface area contributed by atoms with E-state index in [1.54, 1.807) is 19.4 Å². The Labute approximate surface area is 136 Å². The van der Waals surface area contributed by atoms with Crippen LogP contribution in [0.1, 0.15) is 43.0 Å². The van der Waals surface area contributed by atoms with Crippen molar-refractivity contribution in [2.24, 2.45) is 13.0 Å². The molecule has 0 aliphatic carbocycles.